The van der Waals surface area contributed by atoms with E-state index in [2.05, 4.69) is 19.1 Å². The monoisotopic (exact) mass is 338 g/mol. The van der Waals surface area contributed by atoms with Crippen LogP contribution in [-0.2, 0) is 6.61 Å². The molecule has 1 aromatic carbocycles. The summed E-state index contributed by atoms with van der Waals surface area (Å²) < 4.78 is 5.84. The van der Waals surface area contributed by atoms with Crippen molar-refractivity contribution >= 4 is 11.6 Å². The largest absolute Gasteiger partial charge is 0.493 e. The van der Waals surface area contributed by atoms with Gasteiger partial charge >= 0.3 is 0 Å². The zero-order valence-electron chi connectivity index (χ0n) is 13.7. The van der Waals surface area contributed by atoms with E-state index in [1.54, 1.807) is 0 Å². The number of unbranched alkanes of at least 4 members (excludes halogenated alkanes) is 1. The Morgan fingerprint density at radius 2 is 1.96 bits per heavy atom. The third-order valence-corrected chi connectivity index (χ3v) is 5.06. The Kier molecular flexibility index (Phi) is 7.41. The predicted octanol–water partition coefficient (Wildman–Crippen LogP) is 3.91. The normalized spacial score (nSPS) is 27.7. The van der Waals surface area contributed by atoms with Gasteiger partial charge in [-0.1, -0.05) is 37.6 Å². The van der Waals surface area contributed by atoms with Gasteiger partial charge in [0.2, 0.25) is 0 Å². The highest BCUT2D eigenvalue weighted by molar-refractivity contribution is 6.21. The Balaban J connectivity index is 1.91. The molecular weight excluding hydrogens is 312 g/mol. The summed E-state index contributed by atoms with van der Waals surface area (Å²) in [5, 5.41) is 19.3. The van der Waals surface area contributed by atoms with Crippen LogP contribution in [0.2, 0.25) is 0 Å². The molecule has 1 aliphatic carbocycles. The molecular formula is C19H27ClO3. The molecule has 3 nitrogen and oxygen atoms in total. The van der Waals surface area contributed by atoms with Gasteiger partial charge in [-0.2, -0.15) is 0 Å². The van der Waals surface area contributed by atoms with Crippen LogP contribution in [0, 0.1) is 11.8 Å². The Bertz CT molecular complexity index is 486. The molecule has 128 valence electrons. The maximum absolute atomic E-state index is 10.3. The molecule has 0 unspecified atom stereocenters. The molecule has 1 fully saturated rings. The molecule has 0 amide bonds. The molecule has 0 saturated heterocycles. The van der Waals surface area contributed by atoms with E-state index in [0.717, 1.165) is 30.6 Å². The minimum atomic E-state index is -0.404. The third kappa shape index (κ3) is 5.23. The molecule has 4 atom stereocenters. The number of rotatable bonds is 8. The first kappa shape index (κ1) is 18.3. The average Bonchev–Trinajstić information content (AvgIpc) is 2.83. The first-order valence-electron chi connectivity index (χ1n) is 8.45. The highest BCUT2D eigenvalue weighted by Crippen LogP contribution is 2.39. The van der Waals surface area contributed by atoms with Crippen LogP contribution in [0.3, 0.4) is 0 Å². The molecule has 4 heteroatoms. The molecule has 0 bridgehead atoms. The lowest BCUT2D eigenvalue weighted by atomic mass is 9.92. The summed E-state index contributed by atoms with van der Waals surface area (Å²) in [6.07, 6.45) is 7.72. The van der Waals surface area contributed by atoms with Gasteiger partial charge in [0.25, 0.3) is 0 Å². The van der Waals surface area contributed by atoms with Crippen molar-refractivity contribution in [2.75, 3.05) is 6.61 Å². The van der Waals surface area contributed by atoms with Crippen LogP contribution in [0.1, 0.15) is 38.2 Å². The van der Waals surface area contributed by atoms with Crippen molar-refractivity contribution in [1.29, 1.82) is 0 Å². The quantitative estimate of drug-likeness (QED) is 0.558. The molecule has 1 aliphatic rings. The minimum absolute atomic E-state index is 0.00152. The first-order chi connectivity index (χ1) is 11.2. The number of allylic oxidation sites excluding steroid dienone is 2. The number of halogens is 1. The van der Waals surface area contributed by atoms with Crippen LogP contribution in [0.4, 0.5) is 0 Å². The summed E-state index contributed by atoms with van der Waals surface area (Å²) >= 11 is 6.42. The van der Waals surface area contributed by atoms with Crippen molar-refractivity contribution in [2.24, 2.45) is 11.8 Å². The van der Waals surface area contributed by atoms with Crippen molar-refractivity contribution in [3.8, 4) is 5.75 Å². The van der Waals surface area contributed by atoms with Gasteiger partial charge in [0.15, 0.2) is 0 Å². The van der Waals surface area contributed by atoms with Crippen LogP contribution >= 0.6 is 11.6 Å². The molecule has 0 aromatic heterocycles. The second kappa shape index (κ2) is 9.31. The van der Waals surface area contributed by atoms with Crippen LogP contribution in [0.25, 0.3) is 0 Å². The summed E-state index contributed by atoms with van der Waals surface area (Å²) in [5.41, 5.74) is 0.859. The fourth-order valence-electron chi connectivity index (χ4n) is 3.11. The van der Waals surface area contributed by atoms with Gasteiger partial charge in [-0.25, -0.2) is 0 Å². The van der Waals surface area contributed by atoms with Crippen molar-refractivity contribution in [3.05, 3.63) is 42.0 Å². The molecule has 0 spiro atoms. The van der Waals surface area contributed by atoms with Crippen molar-refractivity contribution in [3.63, 3.8) is 0 Å². The van der Waals surface area contributed by atoms with E-state index < -0.39 is 6.10 Å². The number of aliphatic hydroxyl groups excluding tert-OH is 2. The van der Waals surface area contributed by atoms with Crippen molar-refractivity contribution in [2.45, 2.75) is 50.7 Å². The number of hydrogen-bond acceptors (Lipinski definition) is 3. The highest BCUT2D eigenvalue weighted by Gasteiger charge is 2.41. The Hall–Kier alpha value is -1.03. The van der Waals surface area contributed by atoms with E-state index >= 15 is 0 Å². The van der Waals surface area contributed by atoms with Crippen LogP contribution in [0.15, 0.2) is 36.4 Å². The van der Waals surface area contributed by atoms with Gasteiger partial charge in [0.05, 0.1) is 19.3 Å². The lowest BCUT2D eigenvalue weighted by Crippen LogP contribution is -2.27. The van der Waals surface area contributed by atoms with Crippen molar-refractivity contribution in [1.82, 2.24) is 0 Å². The summed E-state index contributed by atoms with van der Waals surface area (Å²) in [6.45, 7) is 2.66. The number of benzene rings is 1. The van der Waals surface area contributed by atoms with Gasteiger partial charge in [-0.05, 0) is 42.9 Å². The Labute approximate surface area is 143 Å². The smallest absolute Gasteiger partial charge is 0.119 e. The fourth-order valence-corrected chi connectivity index (χ4v) is 3.58. The Morgan fingerprint density at radius 1 is 1.22 bits per heavy atom. The van der Waals surface area contributed by atoms with E-state index in [4.69, 9.17) is 21.4 Å². The molecule has 1 aromatic rings. The second-order valence-electron chi connectivity index (χ2n) is 6.26. The lowest BCUT2D eigenvalue weighted by Gasteiger charge is -2.22. The van der Waals surface area contributed by atoms with Crippen LogP contribution < -0.4 is 4.74 Å². The standard InChI is InChI=1S/C19H27ClO3/c1-2-3-4-5-6-16-17(19(22)11-18(16)20)13-23-15-9-7-14(12-21)8-10-15/h4-5,7-10,16-19,21-22H,2-3,6,11-13H2,1H3/b5-4-/t16-,17-,18-,19-/m1/s1. The molecule has 23 heavy (non-hydrogen) atoms. The van der Waals surface area contributed by atoms with Gasteiger partial charge in [-0.15, -0.1) is 11.6 Å². The van der Waals surface area contributed by atoms with E-state index in [9.17, 15) is 5.11 Å². The van der Waals surface area contributed by atoms with Crippen LogP contribution in [-0.4, -0.2) is 28.3 Å². The lowest BCUT2D eigenvalue weighted by molar-refractivity contribution is 0.0807. The Morgan fingerprint density at radius 3 is 2.61 bits per heavy atom. The van der Waals surface area contributed by atoms with E-state index in [1.165, 1.54) is 0 Å². The maximum atomic E-state index is 10.3. The first-order valence-corrected chi connectivity index (χ1v) is 8.89. The third-order valence-electron chi connectivity index (χ3n) is 4.55. The van der Waals surface area contributed by atoms with E-state index in [1.807, 2.05) is 24.3 Å². The molecule has 0 heterocycles. The summed E-state index contributed by atoms with van der Waals surface area (Å²) in [4.78, 5) is 0. The zero-order valence-corrected chi connectivity index (χ0v) is 14.5. The number of alkyl halides is 1. The minimum Gasteiger partial charge on any atom is -0.493 e. The average molecular weight is 339 g/mol. The predicted molar refractivity (Wildman–Crippen MR) is 93.8 cm³/mol. The van der Waals surface area contributed by atoms with Gasteiger partial charge < -0.3 is 14.9 Å². The van der Waals surface area contributed by atoms with Crippen LogP contribution in [0.5, 0.6) is 5.75 Å². The highest BCUT2D eigenvalue weighted by atomic mass is 35.5. The maximum Gasteiger partial charge on any atom is 0.119 e. The number of aliphatic hydroxyl groups is 2. The molecule has 2 rings (SSSR count). The molecule has 1 saturated carbocycles. The fraction of sp³-hybridized carbons (Fsp3) is 0.579. The molecule has 2 N–H and O–H groups in total. The topological polar surface area (TPSA) is 49.7 Å². The molecule has 0 radical (unpaired) electrons. The van der Waals surface area contributed by atoms with E-state index in [-0.39, 0.29) is 23.8 Å². The summed E-state index contributed by atoms with van der Waals surface area (Å²) in [5.74, 6) is 1.06. The second-order valence-corrected chi connectivity index (χ2v) is 6.82. The summed E-state index contributed by atoms with van der Waals surface area (Å²) in [7, 11) is 0. The SMILES string of the molecule is CCC/C=C\C[C@@H]1[C@@H](COc2ccc(CO)cc2)[C@H](O)C[C@H]1Cl. The summed E-state index contributed by atoms with van der Waals surface area (Å²) in [6, 6.07) is 7.38. The molecule has 0 aliphatic heterocycles. The zero-order chi connectivity index (χ0) is 16.7. The van der Waals surface area contributed by atoms with Gasteiger partial charge in [0, 0.05) is 11.3 Å². The van der Waals surface area contributed by atoms with Gasteiger partial charge in [-0.3, -0.25) is 0 Å². The van der Waals surface area contributed by atoms with Crippen molar-refractivity contribution < 1.29 is 14.9 Å². The number of ether oxygens (including phenoxy) is 1. The van der Waals surface area contributed by atoms with Gasteiger partial charge in [0.1, 0.15) is 5.75 Å². The number of hydrogen-bond donors (Lipinski definition) is 2. The van der Waals surface area contributed by atoms with E-state index in [0.29, 0.717) is 13.0 Å².